The number of rotatable bonds is 2. The van der Waals surface area contributed by atoms with Crippen LogP contribution in [-0.4, -0.2) is 47.2 Å². The zero-order valence-electron chi connectivity index (χ0n) is 10.9. The molecule has 20 heavy (non-hydrogen) atoms. The molecular weight excluding hydrogens is 276 g/mol. The van der Waals surface area contributed by atoms with Crippen molar-refractivity contribution in [1.29, 1.82) is 0 Å². The zero-order chi connectivity index (χ0) is 13.9. The molecule has 1 saturated heterocycles. The van der Waals surface area contributed by atoms with Gasteiger partial charge in [0.1, 0.15) is 5.69 Å². The summed E-state index contributed by atoms with van der Waals surface area (Å²) in [5.41, 5.74) is 2.21. The minimum Gasteiger partial charge on any atom is -0.335 e. The lowest BCUT2D eigenvalue weighted by Gasteiger charge is -2.26. The van der Waals surface area contributed by atoms with Crippen LogP contribution < -0.4 is 5.32 Å². The van der Waals surface area contributed by atoms with Crippen LogP contribution in [0.1, 0.15) is 10.5 Å². The number of amides is 1. The number of aromatic nitrogens is 2. The standard InChI is InChI=1S/C14H15ClN4O/c15-11-3-1-10(2-4-11)12-9-13(18-17-12)14(20)19-7-5-16-6-8-19/h1-4,9,16H,5-8H2,(H,17,18). The lowest BCUT2D eigenvalue weighted by molar-refractivity contribution is 0.0730. The molecule has 0 unspecified atom stereocenters. The third-order valence-electron chi connectivity index (χ3n) is 3.35. The van der Waals surface area contributed by atoms with E-state index in [4.69, 9.17) is 11.6 Å². The first-order valence-corrected chi connectivity index (χ1v) is 6.93. The predicted octanol–water partition coefficient (Wildman–Crippen LogP) is 1.78. The molecule has 1 aromatic carbocycles. The van der Waals surface area contributed by atoms with Gasteiger partial charge in [0.15, 0.2) is 0 Å². The van der Waals surface area contributed by atoms with Crippen LogP contribution in [0.15, 0.2) is 30.3 Å². The summed E-state index contributed by atoms with van der Waals surface area (Å²) in [5.74, 6) is -0.000728. The van der Waals surface area contributed by atoms with Gasteiger partial charge in [0.05, 0.1) is 5.69 Å². The largest absolute Gasteiger partial charge is 0.335 e. The van der Waals surface area contributed by atoms with E-state index in [0.29, 0.717) is 10.7 Å². The molecule has 2 heterocycles. The molecule has 3 rings (SSSR count). The van der Waals surface area contributed by atoms with E-state index in [-0.39, 0.29) is 5.91 Å². The van der Waals surface area contributed by atoms with Crippen molar-refractivity contribution in [3.8, 4) is 11.3 Å². The van der Waals surface area contributed by atoms with Crippen molar-refractivity contribution in [3.05, 3.63) is 41.0 Å². The maximum atomic E-state index is 12.3. The van der Waals surface area contributed by atoms with Crippen molar-refractivity contribution in [1.82, 2.24) is 20.4 Å². The fourth-order valence-corrected chi connectivity index (χ4v) is 2.36. The van der Waals surface area contributed by atoms with Crippen LogP contribution in [0.4, 0.5) is 0 Å². The molecule has 0 aliphatic carbocycles. The average molecular weight is 291 g/mol. The Morgan fingerprint density at radius 1 is 1.20 bits per heavy atom. The van der Waals surface area contributed by atoms with Crippen LogP contribution in [0.3, 0.4) is 0 Å². The number of H-pyrrole nitrogens is 1. The first-order valence-electron chi connectivity index (χ1n) is 6.55. The van der Waals surface area contributed by atoms with E-state index in [0.717, 1.165) is 37.4 Å². The normalized spacial score (nSPS) is 15.3. The summed E-state index contributed by atoms with van der Waals surface area (Å²) < 4.78 is 0. The highest BCUT2D eigenvalue weighted by Crippen LogP contribution is 2.20. The minimum atomic E-state index is -0.000728. The number of carbonyl (C=O) groups excluding carboxylic acids is 1. The maximum absolute atomic E-state index is 12.3. The van der Waals surface area contributed by atoms with Gasteiger partial charge in [-0.3, -0.25) is 9.89 Å². The molecular formula is C14H15ClN4O. The van der Waals surface area contributed by atoms with Gasteiger partial charge in [-0.15, -0.1) is 0 Å². The fraction of sp³-hybridized carbons (Fsp3) is 0.286. The molecule has 0 radical (unpaired) electrons. The number of nitrogens with one attached hydrogen (secondary N) is 2. The van der Waals surface area contributed by atoms with E-state index < -0.39 is 0 Å². The Kier molecular flexibility index (Phi) is 3.71. The number of hydrogen-bond acceptors (Lipinski definition) is 3. The molecule has 5 nitrogen and oxygen atoms in total. The SMILES string of the molecule is O=C(c1cc(-c2ccc(Cl)cc2)n[nH]1)N1CCNCC1. The van der Waals surface area contributed by atoms with Gasteiger partial charge in [0.25, 0.3) is 5.91 Å². The number of aromatic amines is 1. The first-order chi connectivity index (χ1) is 9.74. The highest BCUT2D eigenvalue weighted by atomic mass is 35.5. The van der Waals surface area contributed by atoms with E-state index in [1.54, 1.807) is 6.07 Å². The molecule has 0 saturated carbocycles. The molecule has 1 aliphatic heterocycles. The van der Waals surface area contributed by atoms with E-state index in [1.807, 2.05) is 29.2 Å². The lowest BCUT2D eigenvalue weighted by Crippen LogP contribution is -2.46. The predicted molar refractivity (Wildman–Crippen MR) is 77.8 cm³/mol. The summed E-state index contributed by atoms with van der Waals surface area (Å²) >= 11 is 5.86. The van der Waals surface area contributed by atoms with Crippen LogP contribution in [0.5, 0.6) is 0 Å². The van der Waals surface area contributed by atoms with E-state index in [1.165, 1.54) is 0 Å². The van der Waals surface area contributed by atoms with Crippen LogP contribution in [0.25, 0.3) is 11.3 Å². The fourth-order valence-electron chi connectivity index (χ4n) is 2.24. The quantitative estimate of drug-likeness (QED) is 0.886. The molecule has 0 atom stereocenters. The van der Waals surface area contributed by atoms with Crippen molar-refractivity contribution in [2.75, 3.05) is 26.2 Å². The number of hydrogen-bond donors (Lipinski definition) is 2. The summed E-state index contributed by atoms with van der Waals surface area (Å²) in [6.45, 7) is 3.14. The molecule has 6 heteroatoms. The molecule has 0 bridgehead atoms. The van der Waals surface area contributed by atoms with Crippen LogP contribution in [-0.2, 0) is 0 Å². The summed E-state index contributed by atoms with van der Waals surface area (Å²) in [7, 11) is 0. The molecule has 1 amide bonds. The van der Waals surface area contributed by atoms with E-state index in [2.05, 4.69) is 15.5 Å². The lowest BCUT2D eigenvalue weighted by atomic mass is 10.1. The Bertz CT molecular complexity index is 602. The zero-order valence-corrected chi connectivity index (χ0v) is 11.7. The van der Waals surface area contributed by atoms with Gasteiger partial charge in [-0.25, -0.2) is 0 Å². The van der Waals surface area contributed by atoms with Crippen molar-refractivity contribution in [2.45, 2.75) is 0 Å². The number of nitrogens with zero attached hydrogens (tertiary/aromatic N) is 2. The van der Waals surface area contributed by atoms with Crippen LogP contribution >= 0.6 is 11.6 Å². The molecule has 0 spiro atoms. The number of piperazine rings is 1. The maximum Gasteiger partial charge on any atom is 0.271 e. The molecule has 104 valence electrons. The van der Waals surface area contributed by atoms with E-state index in [9.17, 15) is 4.79 Å². The molecule has 1 aliphatic rings. The summed E-state index contributed by atoms with van der Waals surface area (Å²) in [5, 5.41) is 10.9. The highest BCUT2D eigenvalue weighted by molar-refractivity contribution is 6.30. The van der Waals surface area contributed by atoms with Gasteiger partial charge in [0, 0.05) is 36.8 Å². The smallest absolute Gasteiger partial charge is 0.271 e. The van der Waals surface area contributed by atoms with Crippen LogP contribution in [0.2, 0.25) is 5.02 Å². The van der Waals surface area contributed by atoms with Gasteiger partial charge in [-0.1, -0.05) is 23.7 Å². The molecule has 1 fully saturated rings. The summed E-state index contributed by atoms with van der Waals surface area (Å²) in [6, 6.07) is 9.18. The number of halogens is 1. The second kappa shape index (κ2) is 5.64. The first kappa shape index (κ1) is 13.1. The van der Waals surface area contributed by atoms with Crippen molar-refractivity contribution >= 4 is 17.5 Å². The Balaban J connectivity index is 1.79. The van der Waals surface area contributed by atoms with Crippen molar-refractivity contribution in [3.63, 3.8) is 0 Å². The summed E-state index contributed by atoms with van der Waals surface area (Å²) in [4.78, 5) is 14.1. The average Bonchev–Trinajstić information content (AvgIpc) is 2.98. The highest BCUT2D eigenvalue weighted by Gasteiger charge is 2.20. The molecule has 2 N–H and O–H groups in total. The Morgan fingerprint density at radius 2 is 1.90 bits per heavy atom. The monoisotopic (exact) mass is 290 g/mol. The number of benzene rings is 1. The Hall–Kier alpha value is -1.85. The van der Waals surface area contributed by atoms with Crippen molar-refractivity contribution < 1.29 is 4.79 Å². The van der Waals surface area contributed by atoms with Gasteiger partial charge in [-0.2, -0.15) is 5.10 Å². The Morgan fingerprint density at radius 3 is 2.60 bits per heavy atom. The van der Waals surface area contributed by atoms with E-state index >= 15 is 0 Å². The van der Waals surface area contributed by atoms with Crippen molar-refractivity contribution in [2.24, 2.45) is 0 Å². The minimum absolute atomic E-state index is 0.000728. The summed E-state index contributed by atoms with van der Waals surface area (Å²) in [6.07, 6.45) is 0. The van der Waals surface area contributed by atoms with Gasteiger partial charge in [-0.05, 0) is 18.2 Å². The second-order valence-corrected chi connectivity index (χ2v) is 5.15. The van der Waals surface area contributed by atoms with Crippen LogP contribution in [0, 0.1) is 0 Å². The number of carbonyl (C=O) groups is 1. The van der Waals surface area contributed by atoms with Gasteiger partial charge < -0.3 is 10.2 Å². The third-order valence-corrected chi connectivity index (χ3v) is 3.60. The topological polar surface area (TPSA) is 61.0 Å². The van der Waals surface area contributed by atoms with Gasteiger partial charge >= 0.3 is 0 Å². The Labute approximate surface area is 121 Å². The third kappa shape index (κ3) is 2.69. The second-order valence-electron chi connectivity index (χ2n) is 4.72. The molecule has 1 aromatic heterocycles. The molecule has 2 aromatic rings. The van der Waals surface area contributed by atoms with Gasteiger partial charge in [0.2, 0.25) is 0 Å².